The number of nitrogens with zero attached hydrogens (tertiary/aromatic N) is 3. The number of rotatable bonds is 6. The van der Waals surface area contributed by atoms with Gasteiger partial charge in [0.25, 0.3) is 0 Å². The van der Waals surface area contributed by atoms with E-state index in [0.717, 1.165) is 24.3 Å². The summed E-state index contributed by atoms with van der Waals surface area (Å²) in [7, 11) is 0. The van der Waals surface area contributed by atoms with Crippen molar-refractivity contribution in [3.05, 3.63) is 59.3 Å². The Kier molecular flexibility index (Phi) is 4.61. The van der Waals surface area contributed by atoms with Crippen LogP contribution in [0.25, 0.3) is 10.7 Å². The molecule has 1 aliphatic rings. The SMILES string of the molecule is O=C1CC(c2nc(-c3cccs3)no2)CN1CCCc1ccccc1. The summed E-state index contributed by atoms with van der Waals surface area (Å²) >= 11 is 1.58. The third kappa shape index (κ3) is 3.64. The van der Waals surface area contributed by atoms with Crippen LogP contribution in [0.3, 0.4) is 0 Å². The second kappa shape index (κ2) is 7.19. The van der Waals surface area contributed by atoms with Crippen LogP contribution in [-0.4, -0.2) is 34.0 Å². The predicted molar refractivity (Wildman–Crippen MR) is 96.3 cm³/mol. The van der Waals surface area contributed by atoms with Crippen LogP contribution in [-0.2, 0) is 11.2 Å². The number of aryl methyl sites for hydroxylation is 1. The molecule has 1 aromatic carbocycles. The van der Waals surface area contributed by atoms with Crippen molar-refractivity contribution >= 4 is 17.2 Å². The molecule has 2 aromatic heterocycles. The maximum atomic E-state index is 12.3. The highest BCUT2D eigenvalue weighted by atomic mass is 32.1. The van der Waals surface area contributed by atoms with Gasteiger partial charge >= 0.3 is 0 Å². The fourth-order valence-electron chi connectivity index (χ4n) is 3.18. The second-order valence-corrected chi connectivity index (χ2v) is 7.21. The molecular formula is C19H19N3O2S. The van der Waals surface area contributed by atoms with Gasteiger partial charge in [0.15, 0.2) is 0 Å². The summed E-state index contributed by atoms with van der Waals surface area (Å²) in [6.07, 6.45) is 2.41. The number of benzene rings is 1. The normalized spacial score (nSPS) is 17.4. The first-order valence-corrected chi connectivity index (χ1v) is 9.37. The quantitative estimate of drug-likeness (QED) is 0.677. The molecule has 25 heavy (non-hydrogen) atoms. The minimum atomic E-state index is 0.00503. The van der Waals surface area contributed by atoms with Crippen molar-refractivity contribution in [2.45, 2.75) is 25.2 Å². The van der Waals surface area contributed by atoms with Crippen molar-refractivity contribution < 1.29 is 9.32 Å². The summed E-state index contributed by atoms with van der Waals surface area (Å²) in [5.74, 6) is 1.36. The fraction of sp³-hybridized carbons (Fsp3) is 0.316. The summed E-state index contributed by atoms with van der Waals surface area (Å²) in [6, 6.07) is 14.3. The summed E-state index contributed by atoms with van der Waals surface area (Å²) in [4.78, 5) is 19.7. The summed E-state index contributed by atoms with van der Waals surface area (Å²) in [5.41, 5.74) is 1.31. The van der Waals surface area contributed by atoms with E-state index in [2.05, 4.69) is 22.3 Å². The number of amides is 1. The number of carbonyl (C=O) groups excluding carboxylic acids is 1. The highest BCUT2D eigenvalue weighted by Crippen LogP contribution is 2.29. The molecule has 1 atom stereocenters. The third-order valence-electron chi connectivity index (χ3n) is 4.48. The molecule has 0 aliphatic carbocycles. The van der Waals surface area contributed by atoms with E-state index in [1.807, 2.05) is 40.6 Å². The Morgan fingerprint density at radius 2 is 2.08 bits per heavy atom. The molecule has 1 amide bonds. The van der Waals surface area contributed by atoms with Gasteiger partial charge in [-0.1, -0.05) is 41.6 Å². The average molecular weight is 353 g/mol. The monoisotopic (exact) mass is 353 g/mol. The lowest BCUT2D eigenvalue weighted by Crippen LogP contribution is -2.26. The van der Waals surface area contributed by atoms with E-state index in [1.165, 1.54) is 5.56 Å². The smallest absolute Gasteiger partial charge is 0.232 e. The number of thiophene rings is 1. The van der Waals surface area contributed by atoms with Gasteiger partial charge in [-0.05, 0) is 29.9 Å². The molecule has 1 saturated heterocycles. The number of likely N-dealkylation sites (tertiary alicyclic amines) is 1. The van der Waals surface area contributed by atoms with E-state index in [-0.39, 0.29) is 11.8 Å². The van der Waals surface area contributed by atoms with Gasteiger partial charge < -0.3 is 9.42 Å². The zero-order valence-electron chi connectivity index (χ0n) is 13.8. The predicted octanol–water partition coefficient (Wildman–Crippen LogP) is 3.75. The molecule has 3 heterocycles. The maximum absolute atomic E-state index is 12.3. The Morgan fingerprint density at radius 1 is 1.20 bits per heavy atom. The van der Waals surface area contributed by atoms with E-state index in [9.17, 15) is 4.79 Å². The van der Waals surface area contributed by atoms with Crippen LogP contribution < -0.4 is 0 Å². The van der Waals surface area contributed by atoms with Crippen molar-refractivity contribution in [3.8, 4) is 10.7 Å². The van der Waals surface area contributed by atoms with Gasteiger partial charge in [0.05, 0.1) is 10.8 Å². The fourth-order valence-corrected chi connectivity index (χ4v) is 3.83. The molecule has 4 rings (SSSR count). The number of aromatic nitrogens is 2. The average Bonchev–Trinajstić information content (AvgIpc) is 3.36. The molecule has 5 nitrogen and oxygen atoms in total. The third-order valence-corrected chi connectivity index (χ3v) is 5.35. The van der Waals surface area contributed by atoms with Crippen molar-refractivity contribution in [3.63, 3.8) is 0 Å². The number of hydrogen-bond donors (Lipinski definition) is 0. The summed E-state index contributed by atoms with van der Waals surface area (Å²) in [5, 5.41) is 6.03. The molecule has 6 heteroatoms. The lowest BCUT2D eigenvalue weighted by molar-refractivity contribution is -0.127. The molecule has 0 saturated carbocycles. The number of hydrogen-bond acceptors (Lipinski definition) is 5. The lowest BCUT2D eigenvalue weighted by Gasteiger charge is -2.15. The molecule has 0 spiro atoms. The van der Waals surface area contributed by atoms with Crippen molar-refractivity contribution in [1.82, 2.24) is 15.0 Å². The molecule has 1 unspecified atom stereocenters. The Morgan fingerprint density at radius 3 is 2.88 bits per heavy atom. The van der Waals surface area contributed by atoms with Gasteiger partial charge in [0.2, 0.25) is 17.6 Å². The second-order valence-electron chi connectivity index (χ2n) is 6.26. The zero-order valence-corrected chi connectivity index (χ0v) is 14.6. The van der Waals surface area contributed by atoms with E-state index in [0.29, 0.717) is 24.7 Å². The van der Waals surface area contributed by atoms with Crippen LogP contribution in [0, 0.1) is 0 Å². The molecule has 0 radical (unpaired) electrons. The topological polar surface area (TPSA) is 59.2 Å². The lowest BCUT2D eigenvalue weighted by atomic mass is 10.1. The van der Waals surface area contributed by atoms with E-state index < -0.39 is 0 Å². The number of carbonyl (C=O) groups is 1. The Bertz CT molecular complexity index is 829. The van der Waals surface area contributed by atoms with Gasteiger partial charge in [-0.25, -0.2) is 0 Å². The van der Waals surface area contributed by atoms with Crippen molar-refractivity contribution in [2.75, 3.05) is 13.1 Å². The van der Waals surface area contributed by atoms with E-state index in [4.69, 9.17) is 4.52 Å². The highest BCUT2D eigenvalue weighted by Gasteiger charge is 2.34. The minimum absolute atomic E-state index is 0.00503. The molecule has 1 fully saturated rings. The van der Waals surface area contributed by atoms with Gasteiger partial charge in [-0.15, -0.1) is 11.3 Å². The molecule has 1 aliphatic heterocycles. The first-order chi connectivity index (χ1) is 12.3. The molecule has 128 valence electrons. The van der Waals surface area contributed by atoms with E-state index in [1.54, 1.807) is 11.3 Å². The van der Waals surface area contributed by atoms with Crippen LogP contribution in [0.15, 0.2) is 52.4 Å². The molecule has 0 bridgehead atoms. The van der Waals surface area contributed by atoms with Crippen molar-refractivity contribution in [2.24, 2.45) is 0 Å². The molecule has 0 N–H and O–H groups in total. The van der Waals surface area contributed by atoms with Crippen LogP contribution in [0.1, 0.15) is 30.2 Å². The van der Waals surface area contributed by atoms with Crippen LogP contribution in [0.2, 0.25) is 0 Å². The molecule has 3 aromatic rings. The van der Waals surface area contributed by atoms with Gasteiger partial charge in [-0.3, -0.25) is 4.79 Å². The first-order valence-electron chi connectivity index (χ1n) is 8.49. The van der Waals surface area contributed by atoms with Crippen LogP contribution in [0.4, 0.5) is 0 Å². The Balaban J connectivity index is 1.34. The standard InChI is InChI=1S/C19H19N3O2S/c23-17-12-15(19-20-18(21-24-19)16-9-5-11-25-16)13-22(17)10-4-8-14-6-2-1-3-7-14/h1-3,5-7,9,11,15H,4,8,10,12-13H2. The maximum Gasteiger partial charge on any atom is 0.232 e. The Hall–Kier alpha value is -2.47. The van der Waals surface area contributed by atoms with Crippen LogP contribution >= 0.6 is 11.3 Å². The van der Waals surface area contributed by atoms with Gasteiger partial charge in [0.1, 0.15) is 0 Å². The van der Waals surface area contributed by atoms with Gasteiger partial charge in [0, 0.05) is 19.5 Å². The zero-order chi connectivity index (χ0) is 17.1. The highest BCUT2D eigenvalue weighted by molar-refractivity contribution is 7.13. The van der Waals surface area contributed by atoms with Crippen molar-refractivity contribution in [1.29, 1.82) is 0 Å². The minimum Gasteiger partial charge on any atom is -0.342 e. The largest absolute Gasteiger partial charge is 0.342 e. The van der Waals surface area contributed by atoms with E-state index >= 15 is 0 Å². The molecular weight excluding hydrogens is 334 g/mol. The summed E-state index contributed by atoms with van der Waals surface area (Å²) in [6.45, 7) is 1.44. The first kappa shape index (κ1) is 16.0. The summed E-state index contributed by atoms with van der Waals surface area (Å²) < 4.78 is 5.41. The van der Waals surface area contributed by atoms with Crippen LogP contribution in [0.5, 0.6) is 0 Å². The Labute approximate surface area is 150 Å². The van der Waals surface area contributed by atoms with Gasteiger partial charge in [-0.2, -0.15) is 4.98 Å².